The molecule has 0 fully saturated rings. The molecule has 0 amide bonds. The van der Waals surface area contributed by atoms with Gasteiger partial charge in [-0.1, -0.05) is 0 Å². The van der Waals surface area contributed by atoms with Crippen LogP contribution in [0.15, 0.2) is 0 Å². The van der Waals surface area contributed by atoms with Crippen LogP contribution in [-0.4, -0.2) is 0 Å². The van der Waals surface area contributed by atoms with Crippen molar-refractivity contribution < 1.29 is 48.4 Å². The van der Waals surface area contributed by atoms with E-state index in [9.17, 15) is 0 Å². The molecule has 0 aromatic rings. The third-order valence-corrected chi connectivity index (χ3v) is 0. The maximum Gasteiger partial charge on any atom is 1.00 e. The molecule has 0 aliphatic carbocycles. The normalized spacial score (nSPS) is 0. The molecule has 0 N–H and O–H groups in total. The second-order valence-corrected chi connectivity index (χ2v) is 0. The van der Waals surface area contributed by atoms with Crippen LogP contribution in [0, 0.1) is 0 Å². The Kier molecular flexibility index (Phi) is 6190. The molecule has 0 aliphatic rings. The second-order valence-electron chi connectivity index (χ2n) is 0. The van der Waals surface area contributed by atoms with E-state index >= 15 is 0 Å². The number of rotatable bonds is 0. The monoisotopic (exact) mass is 99.0 g/mol. The Morgan fingerprint density at radius 2 is 0.400 bits per heavy atom. The van der Waals surface area contributed by atoms with E-state index in [-0.39, 0.29) is 48.4 Å². The van der Waals surface area contributed by atoms with E-state index in [1.807, 2.05) is 0 Å². The van der Waals surface area contributed by atoms with Gasteiger partial charge in [-0.3, -0.25) is 0 Å². The first-order valence-corrected chi connectivity index (χ1v) is 0. The van der Waals surface area contributed by atoms with E-state index in [1.165, 1.54) is 0 Å². The van der Waals surface area contributed by atoms with E-state index in [0.29, 0.717) is 0 Å². The van der Waals surface area contributed by atoms with Crippen molar-refractivity contribution in [2.24, 2.45) is 0 Å². The van der Waals surface area contributed by atoms with Crippen molar-refractivity contribution in [2.45, 2.75) is 0 Å². The van der Waals surface area contributed by atoms with E-state index < -0.39 is 0 Å². The first-order chi connectivity index (χ1) is 0. The minimum atomic E-state index is 0. The standard InChI is InChI=1S/4FH.Na/h4*1H;/q;;;;+1/p-4. The van der Waals surface area contributed by atoms with Crippen LogP contribution in [-0.2, 0) is 0 Å². The molecule has 0 saturated carbocycles. The fourth-order valence-electron chi connectivity index (χ4n) is 0. The Labute approximate surface area is 48.7 Å². The molecule has 0 heterocycles. The zero-order valence-corrected chi connectivity index (χ0v) is 4.51. The number of hydrogen-bond acceptors (Lipinski definition) is 0. The van der Waals surface area contributed by atoms with Crippen LogP contribution < -0.4 is 48.4 Å². The van der Waals surface area contributed by atoms with Gasteiger partial charge in [0, 0.05) is 0 Å². The first-order valence-electron chi connectivity index (χ1n) is 0. The third kappa shape index (κ3) is 67.4. The molecule has 0 radical (unpaired) electrons. The molecule has 0 aliphatic heterocycles. The van der Waals surface area contributed by atoms with Crippen molar-refractivity contribution >= 4 is 0 Å². The largest absolute Gasteiger partial charge is 1.00 e. The van der Waals surface area contributed by atoms with Crippen LogP contribution >= 0.6 is 0 Å². The quantitative estimate of drug-likeness (QED) is 0.209. The summed E-state index contributed by atoms with van der Waals surface area (Å²) in [5.74, 6) is 0. The maximum absolute atomic E-state index is 0. The summed E-state index contributed by atoms with van der Waals surface area (Å²) in [6, 6.07) is 0. The molecular formula is F4Na-3. The maximum atomic E-state index is 0. The zero-order valence-electron chi connectivity index (χ0n) is 2.51. The zero-order chi connectivity index (χ0) is 0. The van der Waals surface area contributed by atoms with E-state index in [2.05, 4.69) is 0 Å². The van der Waals surface area contributed by atoms with Gasteiger partial charge in [0.1, 0.15) is 0 Å². The molecule has 0 atom stereocenters. The molecule has 0 nitrogen and oxygen atoms in total. The van der Waals surface area contributed by atoms with Crippen molar-refractivity contribution in [1.82, 2.24) is 0 Å². The van der Waals surface area contributed by atoms with E-state index in [1.54, 1.807) is 0 Å². The van der Waals surface area contributed by atoms with Crippen molar-refractivity contribution in [3.8, 4) is 0 Å². The minimum absolute atomic E-state index is 0. The summed E-state index contributed by atoms with van der Waals surface area (Å²) in [6.07, 6.45) is 0. The van der Waals surface area contributed by atoms with Gasteiger partial charge in [0.05, 0.1) is 0 Å². The van der Waals surface area contributed by atoms with Gasteiger partial charge in [-0.15, -0.1) is 0 Å². The Balaban J connectivity index is 0. The second kappa shape index (κ2) is 126. The van der Waals surface area contributed by atoms with Gasteiger partial charge in [0.25, 0.3) is 0 Å². The minimum Gasteiger partial charge on any atom is -1.00 e. The summed E-state index contributed by atoms with van der Waals surface area (Å²) < 4.78 is 0. The average Bonchev–Trinajstić information content (AvgIpc) is 0. The van der Waals surface area contributed by atoms with Crippen molar-refractivity contribution in [3.63, 3.8) is 0 Å². The van der Waals surface area contributed by atoms with Crippen molar-refractivity contribution in [3.05, 3.63) is 0 Å². The molecule has 0 spiro atoms. The SMILES string of the molecule is [F-].[F-].[F-].[F-].[Na+]. The van der Waals surface area contributed by atoms with Crippen LogP contribution in [0.25, 0.3) is 0 Å². The van der Waals surface area contributed by atoms with Crippen molar-refractivity contribution in [1.29, 1.82) is 0 Å². The van der Waals surface area contributed by atoms with Gasteiger partial charge in [-0.2, -0.15) is 0 Å². The molecule has 5 heavy (non-hydrogen) atoms. The summed E-state index contributed by atoms with van der Waals surface area (Å²) in [7, 11) is 0. The Morgan fingerprint density at radius 1 is 0.400 bits per heavy atom. The van der Waals surface area contributed by atoms with E-state index in [0.717, 1.165) is 0 Å². The predicted octanol–water partition coefficient (Wildman–Crippen LogP) is -15.0. The molecule has 0 aromatic heterocycles. The van der Waals surface area contributed by atoms with Crippen LogP contribution in [0.3, 0.4) is 0 Å². The van der Waals surface area contributed by atoms with E-state index in [4.69, 9.17) is 0 Å². The van der Waals surface area contributed by atoms with Crippen LogP contribution in [0.4, 0.5) is 0 Å². The molecule has 0 unspecified atom stereocenters. The number of hydrogen-bond donors (Lipinski definition) is 0. The summed E-state index contributed by atoms with van der Waals surface area (Å²) in [5, 5.41) is 0. The van der Waals surface area contributed by atoms with Gasteiger partial charge >= 0.3 is 29.6 Å². The van der Waals surface area contributed by atoms with Crippen LogP contribution in [0.2, 0.25) is 0 Å². The molecule has 32 valence electrons. The fraction of sp³-hybridized carbons (Fsp3) is 0. The predicted molar refractivity (Wildman–Crippen MR) is 0 cm³/mol. The van der Waals surface area contributed by atoms with Crippen LogP contribution in [0.1, 0.15) is 0 Å². The molecule has 0 rings (SSSR count). The first kappa shape index (κ1) is 246. The van der Waals surface area contributed by atoms with Crippen molar-refractivity contribution in [2.75, 3.05) is 0 Å². The van der Waals surface area contributed by atoms with Crippen LogP contribution in [0.5, 0.6) is 0 Å². The van der Waals surface area contributed by atoms with Gasteiger partial charge in [0.2, 0.25) is 0 Å². The molecule has 0 bridgehead atoms. The van der Waals surface area contributed by atoms with Gasteiger partial charge in [-0.05, 0) is 0 Å². The molecule has 5 heteroatoms. The average molecular weight is 99.0 g/mol. The summed E-state index contributed by atoms with van der Waals surface area (Å²) in [5.41, 5.74) is 0. The smallest absolute Gasteiger partial charge is 1.00 e. The summed E-state index contributed by atoms with van der Waals surface area (Å²) in [6.45, 7) is 0. The van der Waals surface area contributed by atoms with Gasteiger partial charge in [-0.25, -0.2) is 0 Å². The summed E-state index contributed by atoms with van der Waals surface area (Å²) in [4.78, 5) is 0. The number of halogens is 4. The molecular weight excluding hydrogens is 99.0 g/mol. The Hall–Kier alpha value is 0.720. The van der Waals surface area contributed by atoms with Gasteiger partial charge < -0.3 is 18.8 Å². The topological polar surface area (TPSA) is 0 Å². The Morgan fingerprint density at radius 3 is 0.400 bits per heavy atom. The third-order valence-electron chi connectivity index (χ3n) is 0. The fourth-order valence-corrected chi connectivity index (χ4v) is 0. The Bertz CT molecular complexity index is 3.61. The summed E-state index contributed by atoms with van der Waals surface area (Å²) >= 11 is 0. The molecule has 0 aromatic carbocycles. The molecule has 0 saturated heterocycles. The van der Waals surface area contributed by atoms with Gasteiger partial charge in [0.15, 0.2) is 0 Å².